The highest BCUT2D eigenvalue weighted by Crippen LogP contribution is 2.05. The molecule has 0 saturated heterocycles. The fourth-order valence-electron chi connectivity index (χ4n) is 1.46. The summed E-state index contributed by atoms with van der Waals surface area (Å²) in [7, 11) is 1.90. The fraction of sp³-hybridized carbons (Fsp3) is 0.750. The van der Waals surface area contributed by atoms with Crippen LogP contribution in [0.5, 0.6) is 0 Å². The van der Waals surface area contributed by atoms with Crippen LogP contribution < -0.4 is 5.32 Å². The van der Waals surface area contributed by atoms with Gasteiger partial charge in [-0.15, -0.1) is 0 Å². The van der Waals surface area contributed by atoms with Gasteiger partial charge < -0.3 is 10.4 Å². The van der Waals surface area contributed by atoms with Gasteiger partial charge in [0, 0.05) is 25.3 Å². The van der Waals surface area contributed by atoms with Crippen molar-refractivity contribution >= 4 is 0 Å². The van der Waals surface area contributed by atoms with E-state index >= 15 is 0 Å². The van der Waals surface area contributed by atoms with Gasteiger partial charge in [-0.2, -0.15) is 5.10 Å². The number of rotatable bonds is 5. The Balaban J connectivity index is 2.22. The van der Waals surface area contributed by atoms with Gasteiger partial charge >= 0.3 is 0 Å². The van der Waals surface area contributed by atoms with Crippen LogP contribution in [0.1, 0.15) is 32.8 Å². The van der Waals surface area contributed by atoms with Crippen LogP contribution in [0.25, 0.3) is 0 Å². The molecule has 0 saturated carbocycles. The van der Waals surface area contributed by atoms with E-state index in [1.165, 1.54) is 5.56 Å². The van der Waals surface area contributed by atoms with Gasteiger partial charge in [0.15, 0.2) is 0 Å². The van der Waals surface area contributed by atoms with Crippen molar-refractivity contribution in [3.05, 3.63) is 18.0 Å². The van der Waals surface area contributed by atoms with Crippen molar-refractivity contribution in [1.29, 1.82) is 0 Å². The predicted octanol–water partition coefficient (Wildman–Crippen LogP) is 1.10. The first-order valence-corrected chi connectivity index (χ1v) is 5.77. The van der Waals surface area contributed by atoms with E-state index in [1.807, 2.05) is 19.4 Å². The van der Waals surface area contributed by atoms with Crippen LogP contribution in [-0.2, 0) is 13.5 Å². The smallest absolute Gasteiger partial charge is 0.0668 e. The molecule has 1 aromatic rings. The van der Waals surface area contributed by atoms with Gasteiger partial charge in [-0.1, -0.05) is 0 Å². The van der Waals surface area contributed by atoms with Crippen LogP contribution in [0.15, 0.2) is 12.4 Å². The third kappa shape index (κ3) is 5.28. The summed E-state index contributed by atoms with van der Waals surface area (Å²) in [5.74, 6) is 0. The molecule has 0 bridgehead atoms. The van der Waals surface area contributed by atoms with Gasteiger partial charge in [0.2, 0.25) is 0 Å². The number of β-amino-alcohol motifs (C(OH)–C–C–N with tert-alkyl or cyclic N) is 1. The third-order valence-electron chi connectivity index (χ3n) is 2.39. The van der Waals surface area contributed by atoms with E-state index in [0.29, 0.717) is 6.54 Å². The zero-order chi connectivity index (χ0) is 12.2. The zero-order valence-corrected chi connectivity index (χ0v) is 10.7. The number of nitrogens with one attached hydrogen (secondary N) is 1. The summed E-state index contributed by atoms with van der Waals surface area (Å²) in [6, 6.07) is 0. The van der Waals surface area contributed by atoms with Gasteiger partial charge in [0.05, 0.1) is 12.3 Å². The monoisotopic (exact) mass is 225 g/mol. The first kappa shape index (κ1) is 13.2. The number of hydrogen-bond acceptors (Lipinski definition) is 3. The molecule has 0 radical (unpaired) electrons. The summed E-state index contributed by atoms with van der Waals surface area (Å²) >= 11 is 0. The summed E-state index contributed by atoms with van der Waals surface area (Å²) in [6.45, 7) is 6.94. The van der Waals surface area contributed by atoms with Gasteiger partial charge in [-0.05, 0) is 39.2 Å². The zero-order valence-electron chi connectivity index (χ0n) is 10.7. The molecular weight excluding hydrogens is 202 g/mol. The lowest BCUT2D eigenvalue weighted by Gasteiger charge is -2.22. The number of aliphatic hydroxyl groups excluding tert-OH is 1. The molecule has 1 unspecified atom stereocenters. The normalized spacial score (nSPS) is 14.1. The average molecular weight is 225 g/mol. The van der Waals surface area contributed by atoms with Crippen LogP contribution in [0, 0.1) is 0 Å². The number of aliphatic hydroxyl groups is 1. The van der Waals surface area contributed by atoms with Crippen molar-refractivity contribution < 1.29 is 5.11 Å². The minimum absolute atomic E-state index is 0.0648. The molecule has 1 aromatic heterocycles. The van der Waals surface area contributed by atoms with E-state index < -0.39 is 0 Å². The summed E-state index contributed by atoms with van der Waals surface area (Å²) in [6.07, 6.45) is 5.20. The highest BCUT2D eigenvalue weighted by molar-refractivity contribution is 5.03. The summed E-state index contributed by atoms with van der Waals surface area (Å²) in [5.41, 5.74) is 1.24. The highest BCUT2D eigenvalue weighted by atomic mass is 16.3. The van der Waals surface area contributed by atoms with Crippen molar-refractivity contribution in [1.82, 2.24) is 15.1 Å². The second-order valence-electron chi connectivity index (χ2n) is 5.35. The maximum absolute atomic E-state index is 9.79. The molecule has 1 atom stereocenters. The van der Waals surface area contributed by atoms with E-state index in [4.69, 9.17) is 0 Å². The van der Waals surface area contributed by atoms with Crippen molar-refractivity contribution in [2.75, 3.05) is 6.54 Å². The molecule has 0 aromatic carbocycles. The largest absolute Gasteiger partial charge is 0.392 e. The van der Waals surface area contributed by atoms with Gasteiger partial charge in [-0.25, -0.2) is 0 Å². The Kier molecular flexibility index (Phi) is 4.50. The number of aryl methyl sites for hydroxylation is 2. The molecule has 0 aliphatic rings. The summed E-state index contributed by atoms with van der Waals surface area (Å²) in [4.78, 5) is 0. The molecule has 4 nitrogen and oxygen atoms in total. The second kappa shape index (κ2) is 5.46. The maximum atomic E-state index is 9.79. The van der Waals surface area contributed by atoms with Crippen molar-refractivity contribution in [3.8, 4) is 0 Å². The molecular formula is C12H23N3O. The molecule has 1 rings (SSSR count). The van der Waals surface area contributed by atoms with E-state index in [2.05, 4.69) is 31.2 Å². The Morgan fingerprint density at radius 1 is 1.50 bits per heavy atom. The van der Waals surface area contributed by atoms with Crippen molar-refractivity contribution in [2.24, 2.45) is 7.05 Å². The first-order chi connectivity index (χ1) is 7.37. The number of nitrogens with zero attached hydrogens (tertiary/aromatic N) is 2. The maximum Gasteiger partial charge on any atom is 0.0668 e. The molecule has 4 heteroatoms. The van der Waals surface area contributed by atoms with E-state index in [9.17, 15) is 5.11 Å². The number of aromatic nitrogens is 2. The van der Waals surface area contributed by atoms with Crippen molar-refractivity contribution in [3.63, 3.8) is 0 Å². The second-order valence-corrected chi connectivity index (χ2v) is 5.35. The topological polar surface area (TPSA) is 50.1 Å². The Morgan fingerprint density at radius 3 is 2.69 bits per heavy atom. The molecule has 0 spiro atoms. The van der Waals surface area contributed by atoms with Gasteiger partial charge in [0.1, 0.15) is 0 Å². The highest BCUT2D eigenvalue weighted by Gasteiger charge is 2.12. The Morgan fingerprint density at radius 2 is 2.19 bits per heavy atom. The number of hydrogen-bond donors (Lipinski definition) is 2. The lowest BCUT2D eigenvalue weighted by molar-refractivity contribution is 0.152. The minimum atomic E-state index is -0.292. The quantitative estimate of drug-likeness (QED) is 0.789. The molecule has 0 fully saturated rings. The molecule has 0 amide bonds. The summed E-state index contributed by atoms with van der Waals surface area (Å²) in [5, 5.41) is 17.2. The predicted molar refractivity (Wildman–Crippen MR) is 65.3 cm³/mol. The molecule has 2 N–H and O–H groups in total. The van der Waals surface area contributed by atoms with E-state index in [-0.39, 0.29) is 11.6 Å². The average Bonchev–Trinajstić information content (AvgIpc) is 2.57. The SMILES string of the molecule is Cn1cc(CCC(O)CNC(C)(C)C)cn1. The molecule has 1 heterocycles. The Bertz CT molecular complexity index is 314. The van der Waals surface area contributed by atoms with Crippen LogP contribution in [0.3, 0.4) is 0 Å². The summed E-state index contributed by atoms with van der Waals surface area (Å²) < 4.78 is 1.79. The van der Waals surface area contributed by atoms with Gasteiger partial charge in [0.25, 0.3) is 0 Å². The Hall–Kier alpha value is -0.870. The standard InChI is InChI=1S/C12H23N3O/c1-12(2,3)13-8-11(16)6-5-10-7-14-15(4)9-10/h7,9,11,13,16H,5-6,8H2,1-4H3. The molecule has 92 valence electrons. The van der Waals surface area contributed by atoms with Crippen LogP contribution in [0.4, 0.5) is 0 Å². The molecule has 16 heavy (non-hydrogen) atoms. The lowest BCUT2D eigenvalue weighted by atomic mass is 10.1. The van der Waals surface area contributed by atoms with Crippen LogP contribution in [-0.4, -0.2) is 33.1 Å². The van der Waals surface area contributed by atoms with Crippen LogP contribution in [0.2, 0.25) is 0 Å². The van der Waals surface area contributed by atoms with Gasteiger partial charge in [-0.3, -0.25) is 4.68 Å². The molecule has 0 aliphatic carbocycles. The Labute approximate surface area is 97.7 Å². The fourth-order valence-corrected chi connectivity index (χ4v) is 1.46. The van der Waals surface area contributed by atoms with Crippen LogP contribution >= 0.6 is 0 Å². The van der Waals surface area contributed by atoms with Crippen molar-refractivity contribution in [2.45, 2.75) is 45.3 Å². The molecule has 0 aliphatic heterocycles. The minimum Gasteiger partial charge on any atom is -0.392 e. The van der Waals surface area contributed by atoms with E-state index in [1.54, 1.807) is 4.68 Å². The first-order valence-electron chi connectivity index (χ1n) is 5.77. The lowest BCUT2D eigenvalue weighted by Crippen LogP contribution is -2.40. The van der Waals surface area contributed by atoms with E-state index in [0.717, 1.165) is 12.8 Å². The third-order valence-corrected chi connectivity index (χ3v) is 2.39.